The third-order valence-electron chi connectivity index (χ3n) is 6.69. The molecular weight excluding hydrogens is 539 g/mol. The van der Waals surface area contributed by atoms with Crippen molar-refractivity contribution >= 4 is 47.3 Å². The van der Waals surface area contributed by atoms with Crippen molar-refractivity contribution in [1.29, 1.82) is 0 Å². The number of nitrogens with one attached hydrogen (secondary N) is 2. The van der Waals surface area contributed by atoms with E-state index in [-0.39, 0.29) is 49.3 Å². The number of carbonyl (C=O) groups excluding carboxylic acids is 5. The van der Waals surface area contributed by atoms with Crippen LogP contribution in [0.15, 0.2) is 47.8 Å². The molecule has 4 atom stereocenters. The number of imide groups is 1. The molecule has 39 heavy (non-hydrogen) atoms. The summed E-state index contributed by atoms with van der Waals surface area (Å²) >= 11 is 1.26. The molecule has 15 heteroatoms. The number of hydrogen-bond acceptors (Lipinski definition) is 9. The normalized spacial score (nSPS) is 26.5. The average molecular weight is 565 g/mol. The van der Waals surface area contributed by atoms with Gasteiger partial charge in [-0.15, -0.1) is 11.8 Å². The number of carbonyl (C=O) groups is 5. The van der Waals surface area contributed by atoms with Crippen molar-refractivity contribution in [2.75, 3.05) is 19.7 Å². The van der Waals surface area contributed by atoms with E-state index in [9.17, 15) is 29.1 Å². The number of carboxylic acids is 1. The topological polar surface area (TPSA) is 164 Å². The van der Waals surface area contributed by atoms with Gasteiger partial charge in [0.25, 0.3) is 0 Å². The third kappa shape index (κ3) is 5.38. The number of fused-ring (bicyclic) bond motifs is 1. The number of nitrogens with zero attached hydrogens (tertiary/aromatic N) is 4. The zero-order chi connectivity index (χ0) is 27.2. The van der Waals surface area contributed by atoms with E-state index in [0.717, 1.165) is 9.91 Å². The summed E-state index contributed by atoms with van der Waals surface area (Å²) in [6.07, 6.45) is 3.08. The van der Waals surface area contributed by atoms with E-state index < -0.39 is 58.1 Å². The fraction of sp³-hybridized carbons (Fsp3) is 0.417. The smallest absolute Gasteiger partial charge is 0.548 e. The van der Waals surface area contributed by atoms with E-state index in [1.807, 2.05) is 0 Å². The minimum atomic E-state index is -1.36. The van der Waals surface area contributed by atoms with Gasteiger partial charge in [-0.25, -0.2) is 19.5 Å². The molecule has 1 aromatic carbocycles. The molecule has 0 bridgehead atoms. The van der Waals surface area contributed by atoms with Gasteiger partial charge in [0.2, 0.25) is 11.8 Å². The van der Waals surface area contributed by atoms with Crippen LogP contribution in [0.2, 0.25) is 0 Å². The summed E-state index contributed by atoms with van der Waals surface area (Å²) in [4.78, 5) is 65.9. The maximum Gasteiger partial charge on any atom is 1.00 e. The van der Waals surface area contributed by atoms with E-state index >= 15 is 0 Å². The minimum absolute atomic E-state index is 0. The summed E-state index contributed by atoms with van der Waals surface area (Å²) < 4.78 is 4.26. The van der Waals surface area contributed by atoms with E-state index in [2.05, 4.69) is 15.7 Å². The number of β-lactam (4-membered cyclic amide) rings is 1. The van der Waals surface area contributed by atoms with Crippen LogP contribution in [0.25, 0.3) is 0 Å². The first-order valence-electron chi connectivity index (χ1n) is 11.9. The van der Waals surface area contributed by atoms with Crippen molar-refractivity contribution < 1.29 is 63.4 Å². The Bertz CT molecular complexity index is 1260. The zero-order valence-electron chi connectivity index (χ0n) is 21.5. The van der Waals surface area contributed by atoms with Crippen LogP contribution in [0.4, 0.5) is 9.59 Å². The van der Waals surface area contributed by atoms with Crippen molar-refractivity contribution in [3.63, 3.8) is 0 Å². The number of carboxylic acid groups (broad SMARTS) is 1. The molecule has 3 fully saturated rings. The van der Waals surface area contributed by atoms with Crippen LogP contribution in [-0.4, -0.2) is 92.3 Å². The predicted octanol–water partition coefficient (Wildman–Crippen LogP) is -3.62. The molecule has 0 aromatic heterocycles. The fourth-order valence-corrected chi connectivity index (χ4v) is 6.46. The van der Waals surface area contributed by atoms with Crippen molar-refractivity contribution in [3.8, 4) is 0 Å². The van der Waals surface area contributed by atoms with Crippen LogP contribution in [0.5, 0.6) is 0 Å². The summed E-state index contributed by atoms with van der Waals surface area (Å²) in [5, 5.41) is 21.7. The SMILES string of the molecule is CC1(C)S[C@@H]2[C@H](NC(=O)C(NC(=O)N3CCN(N=C4C=COC4)C3=O)c3ccccc3)C(=O)N2[C@H]1C(=O)[O-].[Na+]. The number of benzene rings is 1. The van der Waals surface area contributed by atoms with Gasteiger partial charge >= 0.3 is 41.6 Å². The van der Waals surface area contributed by atoms with Crippen LogP contribution in [-0.2, 0) is 19.1 Å². The van der Waals surface area contributed by atoms with Crippen molar-refractivity contribution in [1.82, 2.24) is 25.4 Å². The van der Waals surface area contributed by atoms with Crippen LogP contribution in [0, 0.1) is 0 Å². The second-order valence-electron chi connectivity index (χ2n) is 9.62. The Morgan fingerprint density at radius 2 is 1.90 bits per heavy atom. The molecular formula is C24H25N6NaO7S. The molecule has 6 amide bonds. The summed E-state index contributed by atoms with van der Waals surface area (Å²) in [5.74, 6) is -2.57. The largest absolute Gasteiger partial charge is 1.00 e. The molecule has 13 nitrogen and oxygen atoms in total. The number of hydrazone groups is 1. The van der Waals surface area contributed by atoms with Crippen molar-refractivity contribution in [2.24, 2.45) is 5.10 Å². The molecule has 0 saturated carbocycles. The second kappa shape index (κ2) is 11.2. The summed E-state index contributed by atoms with van der Waals surface area (Å²) in [6, 6.07) is 3.63. The molecule has 1 aromatic rings. The molecule has 1 unspecified atom stereocenters. The Kier molecular flexibility index (Phi) is 8.30. The van der Waals surface area contributed by atoms with Gasteiger partial charge in [0.1, 0.15) is 29.8 Å². The van der Waals surface area contributed by atoms with E-state index in [1.165, 1.54) is 22.9 Å². The first-order chi connectivity index (χ1) is 18.1. The molecule has 0 radical (unpaired) electrons. The maximum absolute atomic E-state index is 13.4. The third-order valence-corrected chi connectivity index (χ3v) is 8.27. The van der Waals surface area contributed by atoms with Crippen LogP contribution >= 0.6 is 11.8 Å². The van der Waals surface area contributed by atoms with Crippen molar-refractivity contribution in [3.05, 3.63) is 48.2 Å². The molecule has 0 aliphatic carbocycles. The molecule has 0 spiro atoms. The fourth-order valence-electron chi connectivity index (χ4n) is 4.84. The molecule has 3 saturated heterocycles. The Morgan fingerprint density at radius 3 is 2.54 bits per heavy atom. The number of urea groups is 2. The van der Waals surface area contributed by atoms with Crippen LogP contribution in [0.3, 0.4) is 0 Å². The number of amides is 6. The maximum atomic E-state index is 13.4. The first kappa shape index (κ1) is 28.9. The summed E-state index contributed by atoms with van der Waals surface area (Å²) in [5.41, 5.74) is 0.973. The molecule has 4 aliphatic rings. The zero-order valence-corrected chi connectivity index (χ0v) is 24.3. The van der Waals surface area contributed by atoms with Gasteiger partial charge in [-0.3, -0.25) is 9.59 Å². The van der Waals surface area contributed by atoms with Gasteiger partial charge in [-0.2, -0.15) is 5.10 Å². The average Bonchev–Trinajstić information content (AvgIpc) is 3.59. The van der Waals surface area contributed by atoms with Gasteiger partial charge in [0, 0.05) is 4.75 Å². The van der Waals surface area contributed by atoms with Gasteiger partial charge < -0.3 is 30.2 Å². The Balaban J connectivity index is 0.00000353. The van der Waals surface area contributed by atoms with Crippen LogP contribution < -0.4 is 45.3 Å². The van der Waals surface area contributed by atoms with Gasteiger partial charge in [-0.1, -0.05) is 30.3 Å². The van der Waals surface area contributed by atoms with E-state index in [4.69, 9.17) is 4.74 Å². The molecule has 4 heterocycles. The quantitative estimate of drug-likeness (QED) is 0.264. The Labute approximate surface area is 250 Å². The molecule has 2 N–H and O–H groups in total. The van der Waals surface area contributed by atoms with Crippen molar-refractivity contribution in [2.45, 2.75) is 42.1 Å². The van der Waals surface area contributed by atoms with Gasteiger partial charge in [0.05, 0.1) is 31.4 Å². The summed E-state index contributed by atoms with van der Waals surface area (Å²) in [7, 11) is 0. The van der Waals surface area contributed by atoms with Crippen LogP contribution in [0.1, 0.15) is 25.5 Å². The second-order valence-corrected chi connectivity index (χ2v) is 11.4. The monoisotopic (exact) mass is 564 g/mol. The summed E-state index contributed by atoms with van der Waals surface area (Å²) in [6.45, 7) is 3.86. The molecule has 200 valence electrons. The van der Waals surface area contributed by atoms with Gasteiger partial charge in [0.15, 0.2) is 0 Å². The van der Waals surface area contributed by atoms with E-state index in [0.29, 0.717) is 11.3 Å². The number of hydrogen-bond donors (Lipinski definition) is 2. The predicted molar refractivity (Wildman–Crippen MR) is 132 cm³/mol. The Morgan fingerprint density at radius 1 is 1.18 bits per heavy atom. The number of rotatable bonds is 6. The molecule has 5 rings (SSSR count). The standard InChI is InChI=1S/C24H26N6O7S.Na/c1-24(2)17(21(33)34)30-19(32)16(20(30)38-24)25-18(31)15(13-6-4-3-5-7-13)26-22(35)28-9-10-29(23(28)36)27-14-8-11-37-12-14;/h3-8,11,15-17,20H,9-10,12H2,1-2H3,(H,25,31)(H,26,35)(H,33,34);/q;+1/p-1/t15?,16-,17+,20-;/m1./s1. The number of aliphatic carboxylic acids is 1. The molecule has 4 aliphatic heterocycles. The first-order valence-corrected chi connectivity index (χ1v) is 12.8. The minimum Gasteiger partial charge on any atom is -0.548 e. The number of ether oxygens (including phenoxy) is 1. The Hall–Kier alpha value is -3.07. The number of thioether (sulfide) groups is 1. The van der Waals surface area contributed by atoms with Gasteiger partial charge in [-0.05, 0) is 25.5 Å². The van der Waals surface area contributed by atoms with E-state index in [1.54, 1.807) is 50.3 Å².